The molecule has 1 N–H and O–H groups in total. The van der Waals surface area contributed by atoms with Gasteiger partial charge in [-0.25, -0.2) is 0 Å². The molecular weight excluding hydrogens is 318 g/mol. The summed E-state index contributed by atoms with van der Waals surface area (Å²) in [6.07, 6.45) is 3.03. The van der Waals surface area contributed by atoms with Crippen LogP contribution in [0.1, 0.15) is 44.7 Å². The van der Waals surface area contributed by atoms with Gasteiger partial charge in [-0.1, -0.05) is 28.1 Å². The second kappa shape index (κ2) is 7.23. The molecule has 0 aromatic heterocycles. The first kappa shape index (κ1) is 15.5. The van der Waals surface area contributed by atoms with E-state index in [1.54, 1.807) is 0 Å². The standard InChI is InChI=1S/C16H22BrNO2/c1-3-20-15-7-12(8-15)9-16(19)18-11(2)13-5-4-6-14(17)10-13/h4-6,10-12,15H,3,7-9H2,1-2H3,(H,18,19). The van der Waals surface area contributed by atoms with Crippen molar-refractivity contribution in [1.82, 2.24) is 5.32 Å². The van der Waals surface area contributed by atoms with E-state index in [4.69, 9.17) is 4.74 Å². The molecule has 1 unspecified atom stereocenters. The highest BCUT2D eigenvalue weighted by atomic mass is 79.9. The lowest BCUT2D eigenvalue weighted by molar-refractivity contribution is -0.124. The summed E-state index contributed by atoms with van der Waals surface area (Å²) in [5.74, 6) is 0.624. The Labute approximate surface area is 129 Å². The van der Waals surface area contributed by atoms with E-state index >= 15 is 0 Å². The highest BCUT2D eigenvalue weighted by molar-refractivity contribution is 9.10. The summed E-state index contributed by atoms with van der Waals surface area (Å²) in [7, 11) is 0. The fraction of sp³-hybridized carbons (Fsp3) is 0.562. The molecule has 0 radical (unpaired) electrons. The third kappa shape index (κ3) is 4.32. The van der Waals surface area contributed by atoms with Gasteiger partial charge in [0, 0.05) is 17.5 Å². The van der Waals surface area contributed by atoms with E-state index in [1.165, 1.54) is 0 Å². The van der Waals surface area contributed by atoms with Crippen LogP contribution in [-0.4, -0.2) is 18.6 Å². The summed E-state index contributed by atoms with van der Waals surface area (Å²) in [6.45, 7) is 4.80. The molecule has 0 aliphatic heterocycles. The molecule has 1 saturated carbocycles. The number of ether oxygens (including phenoxy) is 1. The first-order valence-electron chi connectivity index (χ1n) is 7.25. The van der Waals surface area contributed by atoms with Gasteiger partial charge in [-0.2, -0.15) is 0 Å². The predicted octanol–water partition coefficient (Wildman–Crippen LogP) is 3.83. The molecule has 1 aromatic rings. The minimum absolute atomic E-state index is 0.0442. The van der Waals surface area contributed by atoms with Crippen molar-refractivity contribution in [2.75, 3.05) is 6.61 Å². The number of nitrogens with one attached hydrogen (secondary N) is 1. The molecule has 1 aliphatic carbocycles. The monoisotopic (exact) mass is 339 g/mol. The van der Waals surface area contributed by atoms with Crippen LogP contribution in [0.15, 0.2) is 28.7 Å². The van der Waals surface area contributed by atoms with E-state index < -0.39 is 0 Å². The van der Waals surface area contributed by atoms with E-state index in [1.807, 2.05) is 38.1 Å². The number of rotatable bonds is 6. The maximum absolute atomic E-state index is 12.0. The maximum Gasteiger partial charge on any atom is 0.220 e. The molecule has 0 saturated heterocycles. The molecule has 4 heteroatoms. The van der Waals surface area contributed by atoms with Gasteiger partial charge in [0.15, 0.2) is 0 Å². The van der Waals surface area contributed by atoms with Crippen LogP contribution in [0.5, 0.6) is 0 Å². The molecule has 110 valence electrons. The van der Waals surface area contributed by atoms with E-state index in [0.29, 0.717) is 18.4 Å². The van der Waals surface area contributed by atoms with E-state index in [2.05, 4.69) is 21.2 Å². The summed E-state index contributed by atoms with van der Waals surface area (Å²) < 4.78 is 6.55. The van der Waals surface area contributed by atoms with Crippen molar-refractivity contribution >= 4 is 21.8 Å². The predicted molar refractivity (Wildman–Crippen MR) is 83.5 cm³/mol. The molecule has 1 aliphatic rings. The summed E-state index contributed by atoms with van der Waals surface area (Å²) in [5.41, 5.74) is 1.12. The van der Waals surface area contributed by atoms with Crippen LogP contribution < -0.4 is 5.32 Å². The fourth-order valence-corrected chi connectivity index (χ4v) is 3.05. The van der Waals surface area contributed by atoms with Crippen LogP contribution in [0.4, 0.5) is 0 Å². The molecule has 1 atom stereocenters. The lowest BCUT2D eigenvalue weighted by Gasteiger charge is -2.34. The van der Waals surface area contributed by atoms with Gasteiger partial charge in [-0.3, -0.25) is 4.79 Å². The smallest absolute Gasteiger partial charge is 0.220 e. The molecule has 1 amide bonds. The Morgan fingerprint density at radius 3 is 2.90 bits per heavy atom. The quantitative estimate of drug-likeness (QED) is 0.855. The molecule has 1 aromatic carbocycles. The Morgan fingerprint density at radius 2 is 2.25 bits per heavy atom. The van der Waals surface area contributed by atoms with Crippen molar-refractivity contribution < 1.29 is 9.53 Å². The second-order valence-corrected chi connectivity index (χ2v) is 6.38. The minimum atomic E-state index is 0.0442. The number of benzene rings is 1. The van der Waals surface area contributed by atoms with Crippen LogP contribution in [0.25, 0.3) is 0 Å². The highest BCUT2D eigenvalue weighted by Crippen LogP contribution is 2.32. The molecule has 0 heterocycles. The molecular formula is C16H22BrNO2. The third-order valence-corrected chi connectivity index (χ3v) is 4.29. The van der Waals surface area contributed by atoms with Gasteiger partial charge >= 0.3 is 0 Å². The van der Waals surface area contributed by atoms with Crippen LogP contribution in [0.2, 0.25) is 0 Å². The van der Waals surface area contributed by atoms with Crippen molar-refractivity contribution in [3.8, 4) is 0 Å². The van der Waals surface area contributed by atoms with Crippen molar-refractivity contribution in [1.29, 1.82) is 0 Å². The van der Waals surface area contributed by atoms with Crippen LogP contribution in [-0.2, 0) is 9.53 Å². The van der Waals surface area contributed by atoms with Crippen LogP contribution in [0.3, 0.4) is 0 Å². The third-order valence-electron chi connectivity index (χ3n) is 3.80. The van der Waals surface area contributed by atoms with E-state index in [-0.39, 0.29) is 11.9 Å². The zero-order valence-corrected chi connectivity index (χ0v) is 13.7. The Kier molecular flexibility index (Phi) is 5.61. The van der Waals surface area contributed by atoms with E-state index in [0.717, 1.165) is 29.5 Å². The molecule has 0 spiro atoms. The minimum Gasteiger partial charge on any atom is -0.378 e. The molecule has 0 bridgehead atoms. The first-order valence-corrected chi connectivity index (χ1v) is 8.04. The topological polar surface area (TPSA) is 38.3 Å². The lowest BCUT2D eigenvalue weighted by atomic mass is 9.80. The molecule has 1 fully saturated rings. The SMILES string of the molecule is CCOC1CC(CC(=O)NC(C)c2cccc(Br)c2)C1. The normalized spacial score (nSPS) is 22.9. The summed E-state index contributed by atoms with van der Waals surface area (Å²) >= 11 is 3.45. The average molecular weight is 340 g/mol. The number of amides is 1. The largest absolute Gasteiger partial charge is 0.378 e. The van der Waals surface area contributed by atoms with Crippen LogP contribution in [0, 0.1) is 5.92 Å². The Morgan fingerprint density at radius 1 is 1.50 bits per heavy atom. The summed E-state index contributed by atoms with van der Waals surface area (Å²) in [5, 5.41) is 3.07. The van der Waals surface area contributed by atoms with Gasteiger partial charge in [0.25, 0.3) is 0 Å². The number of halogens is 1. The molecule has 20 heavy (non-hydrogen) atoms. The van der Waals surface area contributed by atoms with Crippen molar-refractivity contribution in [2.45, 2.75) is 45.3 Å². The highest BCUT2D eigenvalue weighted by Gasteiger charge is 2.31. The Balaban J connectivity index is 1.75. The Hall–Kier alpha value is -0.870. The van der Waals surface area contributed by atoms with Gasteiger partial charge in [0.05, 0.1) is 12.1 Å². The number of hydrogen-bond acceptors (Lipinski definition) is 2. The number of carbonyl (C=O) groups is 1. The number of hydrogen-bond donors (Lipinski definition) is 1. The zero-order chi connectivity index (χ0) is 14.5. The first-order chi connectivity index (χ1) is 9.58. The van der Waals surface area contributed by atoms with Crippen molar-refractivity contribution in [2.24, 2.45) is 5.92 Å². The van der Waals surface area contributed by atoms with Gasteiger partial charge in [-0.05, 0) is 50.3 Å². The van der Waals surface area contributed by atoms with Gasteiger partial charge < -0.3 is 10.1 Å². The molecule has 2 rings (SSSR count). The average Bonchev–Trinajstić information content (AvgIpc) is 2.36. The van der Waals surface area contributed by atoms with Gasteiger partial charge in [0.1, 0.15) is 0 Å². The van der Waals surface area contributed by atoms with Gasteiger partial charge in [0.2, 0.25) is 5.91 Å². The number of carbonyl (C=O) groups excluding carboxylic acids is 1. The zero-order valence-electron chi connectivity index (χ0n) is 12.1. The van der Waals surface area contributed by atoms with Crippen LogP contribution >= 0.6 is 15.9 Å². The molecule has 3 nitrogen and oxygen atoms in total. The lowest BCUT2D eigenvalue weighted by Crippen LogP contribution is -2.36. The summed E-state index contributed by atoms with van der Waals surface area (Å²) in [4.78, 5) is 12.0. The fourth-order valence-electron chi connectivity index (χ4n) is 2.63. The Bertz CT molecular complexity index is 458. The van der Waals surface area contributed by atoms with E-state index in [9.17, 15) is 4.79 Å². The summed E-state index contributed by atoms with van der Waals surface area (Å²) in [6, 6.07) is 8.09. The van der Waals surface area contributed by atoms with Gasteiger partial charge in [-0.15, -0.1) is 0 Å². The second-order valence-electron chi connectivity index (χ2n) is 5.46. The van der Waals surface area contributed by atoms with Crippen molar-refractivity contribution in [3.63, 3.8) is 0 Å². The maximum atomic E-state index is 12.0. The van der Waals surface area contributed by atoms with Crippen molar-refractivity contribution in [3.05, 3.63) is 34.3 Å².